The molecule has 2 heterocycles. The first-order chi connectivity index (χ1) is 6.77. The molecule has 1 N–H and O–H groups in total. The molecule has 0 saturated carbocycles. The third-order valence-electron chi connectivity index (χ3n) is 2.53. The van der Waals surface area contributed by atoms with Crippen LogP contribution in [-0.4, -0.2) is 22.8 Å². The molecule has 3 nitrogen and oxygen atoms in total. The van der Waals surface area contributed by atoms with Crippen LogP contribution in [0.25, 0.3) is 0 Å². The molecule has 3 heteroatoms. The quantitative estimate of drug-likeness (QED) is 0.775. The van der Waals surface area contributed by atoms with E-state index in [4.69, 9.17) is 4.74 Å². The molecule has 0 spiro atoms. The van der Waals surface area contributed by atoms with Gasteiger partial charge in [-0.2, -0.15) is 0 Å². The number of ether oxygens (including phenoxy) is 1. The number of aryl methyl sites for hydroxylation is 1. The van der Waals surface area contributed by atoms with E-state index in [2.05, 4.69) is 4.98 Å². The first-order valence-electron chi connectivity index (χ1n) is 5.00. The van der Waals surface area contributed by atoms with Crippen molar-refractivity contribution in [3.63, 3.8) is 0 Å². The summed E-state index contributed by atoms with van der Waals surface area (Å²) in [4.78, 5) is 4.29. The molecule has 0 amide bonds. The number of hydrogen-bond acceptors (Lipinski definition) is 3. The normalized spacial score (nSPS) is 23.7. The van der Waals surface area contributed by atoms with Crippen LogP contribution >= 0.6 is 0 Å². The van der Waals surface area contributed by atoms with Crippen LogP contribution in [0.4, 0.5) is 0 Å². The maximum absolute atomic E-state index is 9.96. The molecular formula is C11H15NO2. The topological polar surface area (TPSA) is 42.4 Å². The highest BCUT2D eigenvalue weighted by Crippen LogP contribution is 2.25. The summed E-state index contributed by atoms with van der Waals surface area (Å²) in [6.45, 7) is 2.68. The molecule has 1 aliphatic heterocycles. The standard InChI is InChI=1S/C11H15NO2/c1-8-4-2-5-9(12-8)11(13)10-6-3-7-14-10/h2,4-5,10-11,13H,3,6-7H2,1H3. The minimum Gasteiger partial charge on any atom is -0.384 e. The fourth-order valence-corrected chi connectivity index (χ4v) is 1.77. The summed E-state index contributed by atoms with van der Waals surface area (Å²) in [5, 5.41) is 9.96. The molecular weight excluding hydrogens is 178 g/mol. The van der Waals surface area contributed by atoms with Crippen LogP contribution in [0.5, 0.6) is 0 Å². The zero-order valence-electron chi connectivity index (χ0n) is 8.31. The van der Waals surface area contributed by atoms with E-state index in [1.807, 2.05) is 25.1 Å². The molecule has 0 aliphatic carbocycles. The predicted octanol–water partition coefficient (Wildman–Crippen LogP) is 1.60. The number of aliphatic hydroxyl groups excluding tert-OH is 1. The van der Waals surface area contributed by atoms with Crippen LogP contribution in [0.3, 0.4) is 0 Å². The van der Waals surface area contributed by atoms with E-state index >= 15 is 0 Å². The molecule has 2 unspecified atom stereocenters. The number of nitrogens with zero attached hydrogens (tertiary/aromatic N) is 1. The third kappa shape index (κ3) is 1.94. The highest BCUT2D eigenvalue weighted by molar-refractivity contribution is 5.13. The monoisotopic (exact) mass is 193 g/mol. The zero-order chi connectivity index (χ0) is 9.97. The van der Waals surface area contributed by atoms with Gasteiger partial charge in [-0.3, -0.25) is 4.98 Å². The molecule has 2 atom stereocenters. The van der Waals surface area contributed by atoms with Crippen molar-refractivity contribution in [3.8, 4) is 0 Å². The molecule has 1 fully saturated rings. The van der Waals surface area contributed by atoms with Crippen LogP contribution in [0.1, 0.15) is 30.3 Å². The number of rotatable bonds is 2. The van der Waals surface area contributed by atoms with E-state index in [9.17, 15) is 5.11 Å². The van der Waals surface area contributed by atoms with Gasteiger partial charge < -0.3 is 9.84 Å². The van der Waals surface area contributed by atoms with E-state index in [1.54, 1.807) is 0 Å². The highest BCUT2D eigenvalue weighted by atomic mass is 16.5. The van der Waals surface area contributed by atoms with E-state index in [0.717, 1.165) is 30.8 Å². The van der Waals surface area contributed by atoms with Crippen LogP contribution in [0.15, 0.2) is 18.2 Å². The third-order valence-corrected chi connectivity index (χ3v) is 2.53. The summed E-state index contributed by atoms with van der Waals surface area (Å²) in [5.41, 5.74) is 1.65. The number of aromatic nitrogens is 1. The molecule has 1 aliphatic rings. The molecule has 0 radical (unpaired) electrons. The Kier molecular flexibility index (Phi) is 2.79. The Morgan fingerprint density at radius 2 is 2.43 bits per heavy atom. The number of aliphatic hydroxyl groups is 1. The molecule has 1 aromatic heterocycles. The minimum absolute atomic E-state index is 0.0655. The van der Waals surface area contributed by atoms with Crippen molar-refractivity contribution in [2.75, 3.05) is 6.61 Å². The molecule has 1 saturated heterocycles. The second kappa shape index (κ2) is 4.07. The lowest BCUT2D eigenvalue weighted by molar-refractivity contribution is -0.00476. The van der Waals surface area contributed by atoms with Crippen molar-refractivity contribution in [2.24, 2.45) is 0 Å². The van der Waals surface area contributed by atoms with Gasteiger partial charge in [0.25, 0.3) is 0 Å². The summed E-state index contributed by atoms with van der Waals surface area (Å²) in [6, 6.07) is 5.68. The van der Waals surface area contributed by atoms with Crippen molar-refractivity contribution in [1.29, 1.82) is 0 Å². The minimum atomic E-state index is -0.572. The summed E-state index contributed by atoms with van der Waals surface area (Å²) in [5.74, 6) is 0. The fraction of sp³-hybridized carbons (Fsp3) is 0.545. The van der Waals surface area contributed by atoms with Gasteiger partial charge in [0.15, 0.2) is 0 Å². The second-order valence-corrected chi connectivity index (χ2v) is 3.70. The highest BCUT2D eigenvalue weighted by Gasteiger charge is 2.26. The van der Waals surface area contributed by atoms with Crippen LogP contribution in [0.2, 0.25) is 0 Å². The Balaban J connectivity index is 2.13. The molecule has 0 bridgehead atoms. The summed E-state index contributed by atoms with van der Waals surface area (Å²) >= 11 is 0. The lowest BCUT2D eigenvalue weighted by Crippen LogP contribution is -2.18. The van der Waals surface area contributed by atoms with Crippen LogP contribution < -0.4 is 0 Å². The van der Waals surface area contributed by atoms with Crippen molar-refractivity contribution in [2.45, 2.75) is 32.0 Å². The maximum atomic E-state index is 9.96. The summed E-state index contributed by atoms with van der Waals surface area (Å²) in [6.07, 6.45) is 1.33. The van der Waals surface area contributed by atoms with Crippen LogP contribution in [-0.2, 0) is 4.74 Å². The van der Waals surface area contributed by atoms with Gasteiger partial charge in [-0.05, 0) is 31.9 Å². The molecule has 0 aromatic carbocycles. The fourth-order valence-electron chi connectivity index (χ4n) is 1.77. The molecule has 76 valence electrons. The van der Waals surface area contributed by atoms with Gasteiger partial charge in [-0.15, -0.1) is 0 Å². The largest absolute Gasteiger partial charge is 0.384 e. The van der Waals surface area contributed by atoms with Crippen molar-refractivity contribution >= 4 is 0 Å². The Morgan fingerprint density at radius 3 is 3.07 bits per heavy atom. The number of pyridine rings is 1. The maximum Gasteiger partial charge on any atom is 0.122 e. The predicted molar refractivity (Wildman–Crippen MR) is 52.9 cm³/mol. The van der Waals surface area contributed by atoms with Crippen molar-refractivity contribution in [3.05, 3.63) is 29.6 Å². The zero-order valence-corrected chi connectivity index (χ0v) is 8.31. The Bertz CT molecular complexity index is 308. The van der Waals surface area contributed by atoms with Gasteiger partial charge >= 0.3 is 0 Å². The Labute approximate surface area is 83.7 Å². The van der Waals surface area contributed by atoms with E-state index < -0.39 is 6.10 Å². The van der Waals surface area contributed by atoms with Crippen molar-refractivity contribution in [1.82, 2.24) is 4.98 Å². The van der Waals surface area contributed by atoms with Gasteiger partial charge in [0.05, 0.1) is 11.8 Å². The molecule has 14 heavy (non-hydrogen) atoms. The van der Waals surface area contributed by atoms with Gasteiger partial charge in [0.2, 0.25) is 0 Å². The Morgan fingerprint density at radius 1 is 1.57 bits per heavy atom. The first kappa shape index (κ1) is 9.62. The SMILES string of the molecule is Cc1cccc(C(O)C2CCCO2)n1. The van der Waals surface area contributed by atoms with Crippen molar-refractivity contribution < 1.29 is 9.84 Å². The van der Waals surface area contributed by atoms with Crippen LogP contribution in [0, 0.1) is 6.92 Å². The summed E-state index contributed by atoms with van der Waals surface area (Å²) < 4.78 is 5.42. The van der Waals surface area contributed by atoms with Gasteiger partial charge in [0, 0.05) is 12.3 Å². The lowest BCUT2D eigenvalue weighted by atomic mass is 10.1. The average molecular weight is 193 g/mol. The van der Waals surface area contributed by atoms with Gasteiger partial charge in [0.1, 0.15) is 6.10 Å². The Hall–Kier alpha value is -0.930. The smallest absolute Gasteiger partial charge is 0.122 e. The van der Waals surface area contributed by atoms with E-state index in [-0.39, 0.29) is 6.10 Å². The summed E-state index contributed by atoms with van der Waals surface area (Å²) in [7, 11) is 0. The average Bonchev–Trinajstić information content (AvgIpc) is 2.69. The molecule has 1 aromatic rings. The molecule has 2 rings (SSSR count). The lowest BCUT2D eigenvalue weighted by Gasteiger charge is -2.16. The van der Waals surface area contributed by atoms with Gasteiger partial charge in [-0.25, -0.2) is 0 Å². The number of hydrogen-bond donors (Lipinski definition) is 1. The first-order valence-corrected chi connectivity index (χ1v) is 5.00. The van der Waals surface area contributed by atoms with E-state index in [0.29, 0.717) is 0 Å². The van der Waals surface area contributed by atoms with E-state index in [1.165, 1.54) is 0 Å². The van der Waals surface area contributed by atoms with Gasteiger partial charge in [-0.1, -0.05) is 6.07 Å². The second-order valence-electron chi connectivity index (χ2n) is 3.70.